The molecule has 1 saturated heterocycles. The second-order valence-corrected chi connectivity index (χ2v) is 6.11. The number of nitrogens with zero attached hydrogens (tertiary/aromatic N) is 1. The highest BCUT2D eigenvalue weighted by Crippen LogP contribution is 2.36. The monoisotopic (exact) mass is 305 g/mol. The Kier molecular flexibility index (Phi) is 4.03. The maximum Gasteiger partial charge on any atom is 0.496 e. The quantitative estimate of drug-likeness (QED) is 0.615. The van der Waals surface area contributed by atoms with Gasteiger partial charge in [-0.25, -0.2) is 9.18 Å². The number of carbonyl (C=O) groups is 1. The Balaban J connectivity index is 2.52. The summed E-state index contributed by atoms with van der Waals surface area (Å²) >= 11 is 0. The van der Waals surface area contributed by atoms with E-state index in [1.54, 1.807) is 0 Å². The zero-order valence-corrected chi connectivity index (χ0v) is 13.2. The first-order valence-corrected chi connectivity index (χ1v) is 6.80. The van der Waals surface area contributed by atoms with Gasteiger partial charge in [0.25, 0.3) is 0 Å². The minimum Gasteiger partial charge on any atom is -0.465 e. The highest BCUT2D eigenvalue weighted by molar-refractivity contribution is 6.63. The lowest BCUT2D eigenvalue weighted by atomic mass is 9.75. The number of methoxy groups -OCH3 is 1. The normalized spacial score (nSPS) is 18.9. The van der Waals surface area contributed by atoms with Gasteiger partial charge in [0, 0.05) is 5.46 Å². The maximum atomic E-state index is 13.9. The Morgan fingerprint density at radius 2 is 1.82 bits per heavy atom. The number of nitriles is 1. The molecule has 1 fully saturated rings. The lowest BCUT2D eigenvalue weighted by molar-refractivity contribution is 0.00578. The zero-order chi connectivity index (χ0) is 16.7. The number of benzene rings is 1. The molecule has 2 rings (SSSR count). The average molecular weight is 305 g/mol. The van der Waals surface area contributed by atoms with Crippen molar-refractivity contribution in [2.45, 2.75) is 38.9 Å². The predicted molar refractivity (Wildman–Crippen MR) is 78.2 cm³/mol. The van der Waals surface area contributed by atoms with E-state index in [9.17, 15) is 14.4 Å². The molecule has 0 saturated carbocycles. The largest absolute Gasteiger partial charge is 0.496 e. The van der Waals surface area contributed by atoms with E-state index in [0.29, 0.717) is 5.46 Å². The minimum absolute atomic E-state index is 0.0589. The summed E-state index contributed by atoms with van der Waals surface area (Å²) < 4.78 is 30.2. The van der Waals surface area contributed by atoms with Crippen LogP contribution in [0.3, 0.4) is 0 Å². The van der Waals surface area contributed by atoms with Gasteiger partial charge in [0.2, 0.25) is 0 Å². The van der Waals surface area contributed by atoms with Crippen LogP contribution in [0, 0.1) is 17.1 Å². The van der Waals surface area contributed by atoms with Gasteiger partial charge in [0.1, 0.15) is 5.82 Å². The van der Waals surface area contributed by atoms with Gasteiger partial charge in [0.15, 0.2) is 0 Å². The van der Waals surface area contributed by atoms with Crippen molar-refractivity contribution in [2.24, 2.45) is 0 Å². The molecule has 22 heavy (non-hydrogen) atoms. The number of hydrogen-bond acceptors (Lipinski definition) is 5. The Morgan fingerprint density at radius 1 is 1.27 bits per heavy atom. The Morgan fingerprint density at radius 3 is 2.27 bits per heavy atom. The first-order chi connectivity index (χ1) is 10.1. The Labute approximate surface area is 129 Å². The van der Waals surface area contributed by atoms with Crippen LogP contribution in [0.1, 0.15) is 43.6 Å². The molecule has 116 valence electrons. The lowest BCUT2D eigenvalue weighted by Crippen LogP contribution is -2.41. The molecule has 0 aliphatic carbocycles. The van der Waals surface area contributed by atoms with Crippen molar-refractivity contribution in [1.29, 1.82) is 5.26 Å². The topological polar surface area (TPSA) is 68.6 Å². The van der Waals surface area contributed by atoms with E-state index >= 15 is 0 Å². The van der Waals surface area contributed by atoms with Gasteiger partial charge >= 0.3 is 13.1 Å². The van der Waals surface area contributed by atoms with E-state index < -0.39 is 30.1 Å². The van der Waals surface area contributed by atoms with E-state index in [1.165, 1.54) is 6.07 Å². The van der Waals surface area contributed by atoms with E-state index in [1.807, 2.05) is 33.8 Å². The molecule has 5 nitrogen and oxygen atoms in total. The van der Waals surface area contributed by atoms with Crippen molar-refractivity contribution in [3.8, 4) is 6.07 Å². The van der Waals surface area contributed by atoms with Crippen LogP contribution in [0.25, 0.3) is 0 Å². The molecule has 1 aliphatic heterocycles. The standard InChI is InChI=1S/C15H17BFNO4/c1-14(2)15(3,4)22-16(21-14)11-7-10(13(19)20-5)12(17)6-9(11)8-18/h6-7H,1-5H3. The van der Waals surface area contributed by atoms with Crippen molar-refractivity contribution in [3.05, 3.63) is 29.1 Å². The SMILES string of the molecule is COC(=O)c1cc(B2OC(C)(C)C(C)(C)O2)c(C#N)cc1F. The van der Waals surface area contributed by atoms with E-state index in [-0.39, 0.29) is 11.1 Å². The summed E-state index contributed by atoms with van der Waals surface area (Å²) in [7, 11) is 0.303. The third-order valence-corrected chi connectivity index (χ3v) is 4.17. The molecule has 0 atom stereocenters. The molecule has 1 aliphatic rings. The number of carbonyl (C=O) groups excluding carboxylic acids is 1. The second-order valence-electron chi connectivity index (χ2n) is 6.11. The molecule has 0 aromatic heterocycles. The van der Waals surface area contributed by atoms with Crippen LogP contribution in [0.4, 0.5) is 4.39 Å². The van der Waals surface area contributed by atoms with Gasteiger partial charge in [0.05, 0.1) is 35.5 Å². The maximum absolute atomic E-state index is 13.9. The Hall–Kier alpha value is -1.91. The molecule has 0 N–H and O–H groups in total. The van der Waals surface area contributed by atoms with Crippen molar-refractivity contribution in [1.82, 2.24) is 0 Å². The first-order valence-electron chi connectivity index (χ1n) is 6.80. The van der Waals surface area contributed by atoms with Crippen LogP contribution in [-0.2, 0) is 14.0 Å². The molecule has 0 bridgehead atoms. The van der Waals surface area contributed by atoms with Crippen LogP contribution < -0.4 is 5.46 Å². The zero-order valence-electron chi connectivity index (χ0n) is 13.2. The van der Waals surface area contributed by atoms with Crippen molar-refractivity contribution in [3.63, 3.8) is 0 Å². The van der Waals surface area contributed by atoms with Gasteiger partial charge in [-0.1, -0.05) is 0 Å². The van der Waals surface area contributed by atoms with Crippen molar-refractivity contribution >= 4 is 18.6 Å². The third kappa shape index (κ3) is 2.60. The number of hydrogen-bond donors (Lipinski definition) is 0. The van der Waals surface area contributed by atoms with Crippen LogP contribution in [-0.4, -0.2) is 31.4 Å². The first kappa shape index (κ1) is 16.5. The second kappa shape index (κ2) is 5.38. The van der Waals surface area contributed by atoms with Gasteiger partial charge in [-0.05, 0) is 39.8 Å². The van der Waals surface area contributed by atoms with Crippen LogP contribution in [0.5, 0.6) is 0 Å². The van der Waals surface area contributed by atoms with Crippen LogP contribution >= 0.6 is 0 Å². The lowest BCUT2D eigenvalue weighted by Gasteiger charge is -2.32. The number of ether oxygens (including phenoxy) is 1. The number of rotatable bonds is 2. The van der Waals surface area contributed by atoms with Gasteiger partial charge in [-0.15, -0.1) is 0 Å². The summed E-state index contributed by atoms with van der Waals surface area (Å²) in [4.78, 5) is 11.6. The molecule has 1 aromatic carbocycles. The van der Waals surface area contributed by atoms with Gasteiger partial charge < -0.3 is 14.0 Å². The fourth-order valence-corrected chi connectivity index (χ4v) is 2.12. The highest BCUT2D eigenvalue weighted by atomic mass is 19.1. The molecule has 0 radical (unpaired) electrons. The molecular formula is C15H17BFNO4. The molecular weight excluding hydrogens is 288 g/mol. The highest BCUT2D eigenvalue weighted by Gasteiger charge is 2.52. The molecule has 0 unspecified atom stereocenters. The van der Waals surface area contributed by atoms with E-state index in [4.69, 9.17) is 9.31 Å². The van der Waals surface area contributed by atoms with Gasteiger partial charge in [-0.2, -0.15) is 5.26 Å². The summed E-state index contributed by atoms with van der Waals surface area (Å²) in [5.41, 5.74) is -1.10. The van der Waals surface area contributed by atoms with Gasteiger partial charge in [-0.3, -0.25) is 0 Å². The predicted octanol–water partition coefficient (Wildman–Crippen LogP) is 1.78. The average Bonchev–Trinajstić information content (AvgIpc) is 2.66. The van der Waals surface area contributed by atoms with Crippen molar-refractivity contribution < 1.29 is 23.2 Å². The third-order valence-electron chi connectivity index (χ3n) is 4.17. The summed E-state index contributed by atoms with van der Waals surface area (Å²) in [5.74, 6) is -1.64. The summed E-state index contributed by atoms with van der Waals surface area (Å²) in [6.07, 6.45) is 0. The molecule has 1 aromatic rings. The van der Waals surface area contributed by atoms with E-state index in [0.717, 1.165) is 13.2 Å². The smallest absolute Gasteiger partial charge is 0.465 e. The van der Waals surface area contributed by atoms with E-state index in [2.05, 4.69) is 4.74 Å². The number of halogens is 1. The number of esters is 1. The fourth-order valence-electron chi connectivity index (χ4n) is 2.12. The summed E-state index contributed by atoms with van der Waals surface area (Å²) in [6, 6.07) is 4.14. The summed E-state index contributed by atoms with van der Waals surface area (Å²) in [5, 5.41) is 9.21. The van der Waals surface area contributed by atoms with Crippen LogP contribution in [0.15, 0.2) is 12.1 Å². The molecule has 0 spiro atoms. The molecule has 0 amide bonds. The Bertz CT molecular complexity index is 650. The van der Waals surface area contributed by atoms with Crippen molar-refractivity contribution in [2.75, 3.05) is 7.11 Å². The fraction of sp³-hybridized carbons (Fsp3) is 0.467. The molecule has 1 heterocycles. The minimum atomic E-state index is -0.858. The summed E-state index contributed by atoms with van der Waals surface area (Å²) in [6.45, 7) is 7.46. The molecule has 7 heteroatoms. The van der Waals surface area contributed by atoms with Crippen LogP contribution in [0.2, 0.25) is 0 Å².